The number of methoxy groups -OCH3 is 1. The summed E-state index contributed by atoms with van der Waals surface area (Å²) in [4.78, 5) is 31.2. The lowest BCUT2D eigenvalue weighted by Gasteiger charge is -2.35. The number of aromatic nitrogens is 1. The number of carbonyl (C=O) groups excluding carboxylic acids is 1. The number of amides is 1. The molecule has 11 heteroatoms. The van der Waals surface area contributed by atoms with E-state index in [1.165, 1.54) is 38.0 Å². The molecule has 1 N–H and O–H groups in total. The van der Waals surface area contributed by atoms with Crippen LogP contribution < -0.4 is 9.64 Å². The van der Waals surface area contributed by atoms with Crippen LogP contribution in [0.3, 0.4) is 0 Å². The Morgan fingerprint density at radius 2 is 1.85 bits per heavy atom. The summed E-state index contributed by atoms with van der Waals surface area (Å²) < 4.78 is 52.4. The third kappa shape index (κ3) is 6.91. The number of hydrogen-bond donors (Lipinski definition) is 1. The van der Waals surface area contributed by atoms with Gasteiger partial charge in [0.15, 0.2) is 0 Å². The molecule has 1 amide bonds. The molecule has 0 radical (unpaired) electrons. The zero-order chi connectivity index (χ0) is 29.8. The van der Waals surface area contributed by atoms with Gasteiger partial charge >= 0.3 is 12.1 Å². The second-order valence-corrected chi connectivity index (χ2v) is 10.9. The topological polar surface area (TPSA) is 113 Å². The number of benzene rings is 1. The van der Waals surface area contributed by atoms with Crippen LogP contribution >= 0.6 is 0 Å². The number of hydrogen-bond acceptors (Lipinski definition) is 6. The Hall–Kier alpha value is -3.65. The van der Waals surface area contributed by atoms with Crippen LogP contribution in [-0.2, 0) is 21.1 Å². The normalized spacial score (nSPS) is 18.5. The third-order valence-electron chi connectivity index (χ3n) is 7.28. The van der Waals surface area contributed by atoms with Crippen molar-refractivity contribution in [3.05, 3.63) is 47.2 Å². The number of carboxylic acids is 1. The first-order valence-corrected chi connectivity index (χ1v) is 13.1. The Morgan fingerprint density at radius 1 is 1.20 bits per heavy atom. The second kappa shape index (κ2) is 12.3. The maximum atomic E-state index is 13.9. The highest BCUT2D eigenvalue weighted by Crippen LogP contribution is 2.40. The maximum absolute atomic E-state index is 13.9. The zero-order valence-electron chi connectivity index (χ0n) is 23.2. The fraction of sp³-hybridized carbons (Fsp3) is 0.517. The molecule has 0 spiro atoms. The van der Waals surface area contributed by atoms with Crippen molar-refractivity contribution in [2.75, 3.05) is 18.6 Å². The van der Waals surface area contributed by atoms with Gasteiger partial charge in [0.1, 0.15) is 11.3 Å². The minimum Gasteiger partial charge on any atom is -0.478 e. The van der Waals surface area contributed by atoms with Gasteiger partial charge in [-0.05, 0) is 82.2 Å². The number of ether oxygens (including phenoxy) is 2. The average Bonchev–Trinajstić information content (AvgIpc) is 2.89. The smallest absolute Gasteiger partial charge is 0.421 e. The molecular weight excluding hydrogens is 527 g/mol. The van der Waals surface area contributed by atoms with Crippen molar-refractivity contribution in [2.24, 2.45) is 11.8 Å². The Balaban J connectivity index is 2.04. The molecule has 1 atom stereocenters. The van der Waals surface area contributed by atoms with Crippen molar-refractivity contribution >= 4 is 17.6 Å². The molecule has 1 saturated carbocycles. The van der Waals surface area contributed by atoms with Crippen molar-refractivity contribution in [1.29, 1.82) is 5.26 Å². The maximum Gasteiger partial charge on any atom is 0.421 e. The van der Waals surface area contributed by atoms with Crippen LogP contribution in [0.5, 0.6) is 11.6 Å². The lowest BCUT2D eigenvalue weighted by atomic mass is 9.82. The zero-order valence-corrected chi connectivity index (χ0v) is 23.2. The van der Waals surface area contributed by atoms with E-state index in [-0.39, 0.29) is 41.0 Å². The fourth-order valence-electron chi connectivity index (χ4n) is 4.81. The molecule has 1 aliphatic carbocycles. The summed E-state index contributed by atoms with van der Waals surface area (Å²) in [5.74, 6) is -2.35. The summed E-state index contributed by atoms with van der Waals surface area (Å²) in [6.07, 6.45) is -0.580. The number of aromatic carboxylic acids is 1. The fourth-order valence-corrected chi connectivity index (χ4v) is 4.81. The van der Waals surface area contributed by atoms with Crippen LogP contribution in [0.1, 0.15) is 74.9 Å². The first-order chi connectivity index (χ1) is 18.7. The first kappa shape index (κ1) is 30.9. The van der Waals surface area contributed by atoms with E-state index in [1.807, 2.05) is 6.07 Å². The second-order valence-electron chi connectivity index (χ2n) is 10.9. The quantitative estimate of drug-likeness (QED) is 0.368. The summed E-state index contributed by atoms with van der Waals surface area (Å²) in [6.45, 7) is 6.95. The van der Waals surface area contributed by atoms with Crippen LogP contribution in [-0.4, -0.2) is 41.7 Å². The molecule has 2 aromatic rings. The standard InChI is InChI=1S/C29H34F3N3O5/c1-17-6-8-19(9-7-17)26(36)35(18(2)15-39-5)24-11-10-21(13-22(24)27(37)38)40-25-23(29(30,31)32)12-20(14-34-25)28(3,4)16-33/h10-14,17-19H,6-9,15H2,1-5H3,(H,37,38). The van der Waals surface area contributed by atoms with Gasteiger partial charge in [-0.1, -0.05) is 6.92 Å². The number of halogens is 3. The van der Waals surface area contributed by atoms with E-state index in [0.717, 1.165) is 31.2 Å². The van der Waals surface area contributed by atoms with Crippen molar-refractivity contribution < 1.29 is 37.3 Å². The Labute approximate surface area is 231 Å². The van der Waals surface area contributed by atoms with E-state index in [1.54, 1.807) is 6.92 Å². The molecule has 1 heterocycles. The average molecular weight is 562 g/mol. The molecule has 1 unspecified atom stereocenters. The van der Waals surface area contributed by atoms with Crippen molar-refractivity contribution in [1.82, 2.24) is 4.98 Å². The number of rotatable bonds is 9. The minimum atomic E-state index is -4.85. The molecule has 216 valence electrons. The Morgan fingerprint density at radius 3 is 2.40 bits per heavy atom. The first-order valence-electron chi connectivity index (χ1n) is 13.1. The van der Waals surface area contributed by atoms with Crippen LogP contribution in [0.15, 0.2) is 30.5 Å². The van der Waals surface area contributed by atoms with Gasteiger partial charge in [-0.3, -0.25) is 4.79 Å². The molecule has 1 aromatic carbocycles. The summed E-state index contributed by atoms with van der Waals surface area (Å²) >= 11 is 0. The predicted octanol–water partition coefficient (Wildman–Crippen LogP) is 6.59. The molecule has 8 nitrogen and oxygen atoms in total. The third-order valence-corrected chi connectivity index (χ3v) is 7.28. The number of pyridine rings is 1. The van der Waals surface area contributed by atoms with Gasteiger partial charge in [-0.25, -0.2) is 9.78 Å². The lowest BCUT2D eigenvalue weighted by molar-refractivity contribution is -0.139. The van der Waals surface area contributed by atoms with Crippen molar-refractivity contribution in [3.8, 4) is 17.7 Å². The molecule has 40 heavy (non-hydrogen) atoms. The van der Waals surface area contributed by atoms with Gasteiger partial charge in [-0.2, -0.15) is 18.4 Å². The summed E-state index contributed by atoms with van der Waals surface area (Å²) in [5, 5.41) is 19.4. The van der Waals surface area contributed by atoms with E-state index in [0.29, 0.717) is 18.8 Å². The SMILES string of the molecule is COCC(C)N(C(=O)C1CCC(C)CC1)c1ccc(Oc2ncc(C(C)(C)C#N)cc2C(F)(F)F)cc1C(=O)O. The van der Waals surface area contributed by atoms with Crippen LogP contribution in [0.2, 0.25) is 0 Å². The van der Waals surface area contributed by atoms with E-state index in [9.17, 15) is 33.1 Å². The largest absolute Gasteiger partial charge is 0.478 e. The summed E-state index contributed by atoms with van der Waals surface area (Å²) in [7, 11) is 1.48. The predicted molar refractivity (Wildman–Crippen MR) is 141 cm³/mol. The van der Waals surface area contributed by atoms with Gasteiger partial charge in [0.05, 0.1) is 35.4 Å². The number of nitrogens with zero attached hydrogens (tertiary/aromatic N) is 3. The highest BCUT2D eigenvalue weighted by molar-refractivity contribution is 6.03. The highest BCUT2D eigenvalue weighted by atomic mass is 19.4. The number of anilines is 1. The monoisotopic (exact) mass is 561 g/mol. The molecule has 1 fully saturated rings. The molecule has 0 bridgehead atoms. The van der Waals surface area contributed by atoms with E-state index >= 15 is 0 Å². The summed E-state index contributed by atoms with van der Waals surface area (Å²) in [6, 6.07) is 5.98. The Bertz CT molecular complexity index is 1280. The molecule has 0 saturated heterocycles. The molecule has 0 aliphatic heterocycles. The molecule has 3 rings (SSSR count). The van der Waals surface area contributed by atoms with Crippen molar-refractivity contribution in [2.45, 2.75) is 71.0 Å². The van der Waals surface area contributed by atoms with Crippen LogP contribution in [0, 0.1) is 23.2 Å². The van der Waals surface area contributed by atoms with Crippen molar-refractivity contribution in [3.63, 3.8) is 0 Å². The number of alkyl halides is 3. The van der Waals surface area contributed by atoms with Gasteiger partial charge in [0.2, 0.25) is 11.8 Å². The van der Waals surface area contributed by atoms with E-state index in [4.69, 9.17) is 9.47 Å². The highest BCUT2D eigenvalue weighted by Gasteiger charge is 2.38. The van der Waals surface area contributed by atoms with Crippen LogP contribution in [0.4, 0.5) is 18.9 Å². The molecule has 1 aliphatic rings. The summed E-state index contributed by atoms with van der Waals surface area (Å²) in [5.41, 5.74) is -2.59. The van der Waals surface area contributed by atoms with E-state index < -0.39 is 35.0 Å². The molecular formula is C29H34F3N3O5. The number of nitriles is 1. The number of carbonyl (C=O) groups is 2. The lowest BCUT2D eigenvalue weighted by Crippen LogP contribution is -2.46. The molecule has 1 aromatic heterocycles. The van der Waals surface area contributed by atoms with Gasteiger partial charge in [0.25, 0.3) is 0 Å². The van der Waals surface area contributed by atoms with Gasteiger partial charge in [-0.15, -0.1) is 0 Å². The van der Waals surface area contributed by atoms with Gasteiger partial charge in [0, 0.05) is 19.2 Å². The van der Waals surface area contributed by atoms with E-state index in [2.05, 4.69) is 11.9 Å². The van der Waals surface area contributed by atoms with Crippen LogP contribution in [0.25, 0.3) is 0 Å². The minimum absolute atomic E-state index is 0.0506. The Kier molecular flexibility index (Phi) is 9.46. The number of carboxylic acid groups (broad SMARTS) is 1. The van der Waals surface area contributed by atoms with Gasteiger partial charge < -0.3 is 19.5 Å².